The van der Waals surface area contributed by atoms with Crippen LogP contribution in [0.2, 0.25) is 0 Å². The van der Waals surface area contributed by atoms with E-state index in [1.165, 1.54) is 0 Å². The van der Waals surface area contributed by atoms with Crippen molar-refractivity contribution in [2.75, 3.05) is 6.61 Å². The fourth-order valence-corrected chi connectivity index (χ4v) is 4.17. The highest BCUT2D eigenvalue weighted by Crippen LogP contribution is 2.35. The van der Waals surface area contributed by atoms with Crippen molar-refractivity contribution in [3.8, 4) is 6.07 Å². The van der Waals surface area contributed by atoms with Gasteiger partial charge in [-0.05, 0) is 45.4 Å². The summed E-state index contributed by atoms with van der Waals surface area (Å²) in [7, 11) is 0. The molecule has 3 heterocycles. The van der Waals surface area contributed by atoms with Gasteiger partial charge < -0.3 is 19.8 Å². The van der Waals surface area contributed by atoms with Crippen molar-refractivity contribution >= 4 is 6.09 Å². The van der Waals surface area contributed by atoms with Gasteiger partial charge in [-0.1, -0.05) is 0 Å². The van der Waals surface area contributed by atoms with Gasteiger partial charge >= 0.3 is 6.09 Å². The molecule has 0 spiro atoms. The van der Waals surface area contributed by atoms with Gasteiger partial charge in [0.05, 0.1) is 24.0 Å². The number of benzene rings is 1. The molecule has 1 fully saturated rings. The lowest BCUT2D eigenvalue weighted by molar-refractivity contribution is -0.0629. The SMILES string of the molecule is CC(C)(C)OC(=O)N[C@H]1CC(N2Cc3nc(C#N)[nH]c3C2)CO[C@@H]1c1cc(F)ccc1F. The van der Waals surface area contributed by atoms with E-state index in [1.54, 1.807) is 20.8 Å². The molecule has 0 saturated carbocycles. The molecule has 10 heteroatoms. The van der Waals surface area contributed by atoms with Crippen LogP contribution in [-0.4, -0.2) is 45.3 Å². The molecule has 170 valence electrons. The molecule has 2 aliphatic heterocycles. The normalized spacial score (nSPS) is 23.4. The second kappa shape index (κ2) is 8.48. The van der Waals surface area contributed by atoms with Crippen molar-refractivity contribution in [2.45, 2.75) is 64.1 Å². The molecule has 2 aliphatic rings. The van der Waals surface area contributed by atoms with Crippen LogP contribution in [0.3, 0.4) is 0 Å². The molecule has 32 heavy (non-hydrogen) atoms. The summed E-state index contributed by atoms with van der Waals surface area (Å²) in [5.74, 6) is -0.906. The molecule has 3 atom stereocenters. The highest BCUT2D eigenvalue weighted by atomic mass is 19.1. The number of amides is 1. The van der Waals surface area contributed by atoms with Crippen LogP contribution in [-0.2, 0) is 22.6 Å². The number of aromatic amines is 1. The fraction of sp³-hybridized carbons (Fsp3) is 0.500. The van der Waals surface area contributed by atoms with Crippen LogP contribution in [0.25, 0.3) is 0 Å². The van der Waals surface area contributed by atoms with Gasteiger partial charge in [0.2, 0.25) is 5.82 Å². The van der Waals surface area contributed by atoms with E-state index in [2.05, 4.69) is 20.2 Å². The number of ether oxygens (including phenoxy) is 2. The zero-order valence-corrected chi connectivity index (χ0v) is 18.1. The summed E-state index contributed by atoms with van der Waals surface area (Å²) in [5.41, 5.74) is 1.02. The largest absolute Gasteiger partial charge is 0.444 e. The Balaban J connectivity index is 1.53. The lowest BCUT2D eigenvalue weighted by Crippen LogP contribution is -2.52. The van der Waals surface area contributed by atoms with E-state index >= 15 is 0 Å². The van der Waals surface area contributed by atoms with Crippen LogP contribution in [0.5, 0.6) is 0 Å². The van der Waals surface area contributed by atoms with Gasteiger partial charge in [0.25, 0.3) is 0 Å². The summed E-state index contributed by atoms with van der Waals surface area (Å²) < 4.78 is 39.7. The van der Waals surface area contributed by atoms with E-state index in [1.807, 2.05) is 6.07 Å². The van der Waals surface area contributed by atoms with Crippen molar-refractivity contribution in [3.63, 3.8) is 0 Å². The second-order valence-electron chi connectivity index (χ2n) is 9.09. The van der Waals surface area contributed by atoms with Gasteiger partial charge in [-0.2, -0.15) is 5.26 Å². The van der Waals surface area contributed by atoms with E-state index in [-0.39, 0.29) is 24.0 Å². The Kier molecular flexibility index (Phi) is 5.88. The molecule has 0 radical (unpaired) electrons. The van der Waals surface area contributed by atoms with E-state index < -0.39 is 35.5 Å². The predicted molar refractivity (Wildman–Crippen MR) is 109 cm³/mol. The molecule has 4 rings (SSSR count). The molecular formula is C22H25F2N5O3. The Morgan fingerprint density at radius 1 is 1.38 bits per heavy atom. The number of hydrogen-bond acceptors (Lipinski definition) is 6. The highest BCUT2D eigenvalue weighted by Gasteiger charge is 2.40. The monoisotopic (exact) mass is 445 g/mol. The van der Waals surface area contributed by atoms with Crippen LogP contribution in [0, 0.1) is 23.0 Å². The Bertz CT molecular complexity index is 1040. The third kappa shape index (κ3) is 4.74. The topological polar surface area (TPSA) is 103 Å². The molecule has 1 saturated heterocycles. The minimum Gasteiger partial charge on any atom is -0.444 e. The second-order valence-corrected chi connectivity index (χ2v) is 9.09. The third-order valence-corrected chi connectivity index (χ3v) is 5.53. The summed E-state index contributed by atoms with van der Waals surface area (Å²) in [5, 5.41) is 11.8. The lowest BCUT2D eigenvalue weighted by atomic mass is 9.92. The number of nitrogens with one attached hydrogen (secondary N) is 2. The van der Waals surface area contributed by atoms with E-state index in [9.17, 15) is 13.6 Å². The fourth-order valence-electron chi connectivity index (χ4n) is 4.17. The smallest absolute Gasteiger partial charge is 0.407 e. The van der Waals surface area contributed by atoms with Gasteiger partial charge in [-0.15, -0.1) is 0 Å². The lowest BCUT2D eigenvalue weighted by Gasteiger charge is -2.40. The average Bonchev–Trinajstić information content (AvgIpc) is 3.27. The number of nitrogens with zero attached hydrogens (tertiary/aromatic N) is 3. The zero-order chi connectivity index (χ0) is 23.0. The number of fused-ring (bicyclic) bond motifs is 1. The number of nitriles is 1. The molecule has 2 aromatic rings. The molecule has 1 unspecified atom stereocenters. The van der Waals surface area contributed by atoms with Gasteiger partial charge in [0.1, 0.15) is 29.4 Å². The minimum absolute atomic E-state index is 0.0523. The first kappa shape index (κ1) is 22.2. The molecule has 0 bridgehead atoms. The summed E-state index contributed by atoms with van der Waals surface area (Å²) in [6.45, 7) is 6.59. The number of aromatic nitrogens is 2. The number of halogens is 2. The van der Waals surface area contributed by atoms with Crippen LogP contribution in [0.1, 0.15) is 56.1 Å². The average molecular weight is 445 g/mol. The Morgan fingerprint density at radius 3 is 2.84 bits per heavy atom. The maximum absolute atomic E-state index is 14.5. The maximum Gasteiger partial charge on any atom is 0.407 e. The van der Waals surface area contributed by atoms with Crippen LogP contribution < -0.4 is 5.32 Å². The van der Waals surface area contributed by atoms with Crippen molar-refractivity contribution < 1.29 is 23.0 Å². The molecule has 0 aliphatic carbocycles. The Morgan fingerprint density at radius 2 is 2.16 bits per heavy atom. The van der Waals surface area contributed by atoms with Crippen molar-refractivity contribution in [1.29, 1.82) is 5.26 Å². The summed E-state index contributed by atoms with van der Waals surface area (Å²) in [6.07, 6.45) is -1.08. The maximum atomic E-state index is 14.5. The van der Waals surface area contributed by atoms with Crippen LogP contribution in [0.4, 0.5) is 13.6 Å². The molecule has 8 nitrogen and oxygen atoms in total. The Labute approximate surface area is 184 Å². The standard InChI is InChI=1S/C22H25F2N5O3/c1-22(2,3)32-21(30)28-16-7-13(29-9-17-18(10-29)27-19(8-25)26-17)11-31-20(16)14-6-12(23)4-5-15(14)24/h4-6,13,16,20H,7,9-11H2,1-3H3,(H,26,27)(H,28,30)/t13?,16-,20+/m0/s1. The molecular weight excluding hydrogens is 420 g/mol. The van der Waals surface area contributed by atoms with Gasteiger partial charge in [0.15, 0.2) is 0 Å². The van der Waals surface area contributed by atoms with Crippen molar-refractivity contribution in [1.82, 2.24) is 20.2 Å². The minimum atomic E-state index is -0.863. The molecule has 1 aromatic heterocycles. The Hall–Kier alpha value is -3.03. The third-order valence-electron chi connectivity index (χ3n) is 5.53. The van der Waals surface area contributed by atoms with Crippen LogP contribution in [0.15, 0.2) is 18.2 Å². The first-order valence-corrected chi connectivity index (χ1v) is 10.4. The predicted octanol–water partition coefficient (Wildman–Crippen LogP) is 3.30. The van der Waals surface area contributed by atoms with E-state index in [0.29, 0.717) is 19.5 Å². The number of rotatable bonds is 3. The first-order chi connectivity index (χ1) is 15.1. The number of imidazole rings is 1. The number of H-pyrrole nitrogens is 1. The number of hydrogen-bond donors (Lipinski definition) is 2. The molecule has 1 aromatic carbocycles. The molecule has 2 N–H and O–H groups in total. The van der Waals surface area contributed by atoms with Crippen molar-refractivity contribution in [2.24, 2.45) is 0 Å². The summed E-state index contributed by atoms with van der Waals surface area (Å²) in [6, 6.07) is 4.45. The van der Waals surface area contributed by atoms with Gasteiger partial charge in [-0.3, -0.25) is 4.90 Å². The number of alkyl carbamates (subject to hydrolysis) is 1. The van der Waals surface area contributed by atoms with E-state index in [0.717, 1.165) is 29.6 Å². The summed E-state index contributed by atoms with van der Waals surface area (Å²) >= 11 is 0. The zero-order valence-electron chi connectivity index (χ0n) is 18.1. The first-order valence-electron chi connectivity index (χ1n) is 10.4. The number of carbonyl (C=O) groups excluding carboxylic acids is 1. The summed E-state index contributed by atoms with van der Waals surface area (Å²) in [4.78, 5) is 21.9. The van der Waals surface area contributed by atoms with Gasteiger partial charge in [-0.25, -0.2) is 18.6 Å². The van der Waals surface area contributed by atoms with Crippen LogP contribution >= 0.6 is 0 Å². The quantitative estimate of drug-likeness (QED) is 0.752. The molecule has 1 amide bonds. The number of carbonyl (C=O) groups is 1. The van der Waals surface area contributed by atoms with Crippen molar-refractivity contribution in [3.05, 3.63) is 52.6 Å². The van der Waals surface area contributed by atoms with Gasteiger partial charge in [0, 0.05) is 24.7 Å². The van der Waals surface area contributed by atoms with E-state index in [4.69, 9.17) is 14.7 Å². The highest BCUT2D eigenvalue weighted by molar-refractivity contribution is 5.68.